The fourth-order valence-electron chi connectivity index (χ4n) is 5.65. The van der Waals surface area contributed by atoms with Crippen LogP contribution in [-0.2, 0) is 16.6 Å². The van der Waals surface area contributed by atoms with Crippen LogP contribution in [0.25, 0.3) is 0 Å². The van der Waals surface area contributed by atoms with Gasteiger partial charge in [0, 0.05) is 67.2 Å². The molecule has 1 amide bonds. The Morgan fingerprint density at radius 1 is 1.07 bits per heavy atom. The fraction of sp³-hybridized carbons (Fsp3) is 0.435. The lowest BCUT2D eigenvalue weighted by atomic mass is 9.64. The number of hydrogen-bond acceptors (Lipinski definition) is 3. The third kappa shape index (κ3) is 3.35. The summed E-state index contributed by atoms with van der Waals surface area (Å²) in [6.07, 6.45) is -0.0347. The molecule has 3 atom stereocenters. The number of carbonyl (C=O) groups is 1. The predicted molar refractivity (Wildman–Crippen MR) is 112 cm³/mol. The smallest absolute Gasteiger partial charge is 0.224 e. The van der Waals surface area contributed by atoms with Crippen LogP contribution in [0.3, 0.4) is 0 Å². The summed E-state index contributed by atoms with van der Waals surface area (Å²) < 4.78 is 14.2. The molecule has 3 unspecified atom stereocenters. The Balaban J connectivity index is 1.46. The largest absolute Gasteiger partial charge is 0.352 e. The lowest BCUT2D eigenvalue weighted by Gasteiger charge is -2.55. The summed E-state index contributed by atoms with van der Waals surface area (Å²) in [5, 5.41) is 3.62. The molecule has 0 aromatic heterocycles. The molecule has 6 rings (SSSR count). The van der Waals surface area contributed by atoms with Gasteiger partial charge in [0.1, 0.15) is 5.82 Å². The van der Waals surface area contributed by atoms with Gasteiger partial charge in [0.05, 0.1) is 6.42 Å². The van der Waals surface area contributed by atoms with Crippen molar-refractivity contribution in [3.8, 4) is 0 Å². The van der Waals surface area contributed by atoms with E-state index in [0.29, 0.717) is 10.9 Å². The van der Waals surface area contributed by atoms with Crippen LogP contribution in [0.4, 0.5) is 4.39 Å². The van der Waals surface area contributed by atoms with Crippen molar-refractivity contribution in [1.82, 2.24) is 15.1 Å². The third-order valence-electron chi connectivity index (χ3n) is 6.86. The molecule has 4 heterocycles. The Labute approximate surface area is 175 Å². The van der Waals surface area contributed by atoms with Crippen molar-refractivity contribution in [1.29, 1.82) is 0 Å². The minimum Gasteiger partial charge on any atom is -0.352 e. The number of benzene rings is 2. The molecule has 4 aliphatic rings. The van der Waals surface area contributed by atoms with Crippen molar-refractivity contribution in [3.63, 3.8) is 0 Å². The standard InChI is InChI=1S/C23H25ClFN3O/c24-19-7-4-8-20(25)18(19)11-21(29)26-22-16-12-27-9-10-28(13-16)15-23(22,14-27)17-5-2-1-3-6-17/h1-8,16,22H,9-15H2,(H,26,29). The molecule has 152 valence electrons. The maximum Gasteiger partial charge on any atom is 0.224 e. The molecule has 0 spiro atoms. The van der Waals surface area contributed by atoms with Gasteiger partial charge in [0.25, 0.3) is 0 Å². The molecule has 0 aliphatic carbocycles. The van der Waals surface area contributed by atoms with Crippen LogP contribution in [0.2, 0.25) is 5.02 Å². The van der Waals surface area contributed by atoms with Gasteiger partial charge in [-0.05, 0) is 17.7 Å². The molecule has 4 fully saturated rings. The second-order valence-corrected chi connectivity index (χ2v) is 9.08. The van der Waals surface area contributed by atoms with Crippen molar-refractivity contribution < 1.29 is 9.18 Å². The Kier molecular flexibility index (Phi) is 4.85. The normalized spacial score (nSPS) is 32.8. The first-order chi connectivity index (χ1) is 14.0. The van der Waals surface area contributed by atoms with Gasteiger partial charge in [0.2, 0.25) is 5.91 Å². The number of carbonyl (C=O) groups excluding carboxylic acids is 1. The number of halogens is 2. The van der Waals surface area contributed by atoms with E-state index in [0.717, 1.165) is 39.3 Å². The summed E-state index contributed by atoms with van der Waals surface area (Å²) in [4.78, 5) is 18.1. The molecule has 4 nitrogen and oxygen atoms in total. The van der Waals surface area contributed by atoms with Crippen molar-refractivity contribution in [3.05, 3.63) is 70.5 Å². The van der Waals surface area contributed by atoms with Crippen LogP contribution in [0.15, 0.2) is 48.5 Å². The number of rotatable bonds is 4. The van der Waals surface area contributed by atoms with Crippen LogP contribution in [-0.4, -0.2) is 61.0 Å². The minimum absolute atomic E-state index is 0.0347. The first kappa shape index (κ1) is 19.0. The van der Waals surface area contributed by atoms with E-state index in [-0.39, 0.29) is 29.3 Å². The molecular formula is C23H25ClFN3O. The SMILES string of the molecule is O=C(Cc1c(F)cccc1Cl)NC1C2CN3CCN(C2)CC1(c1ccccc1)C3. The number of fused-ring (bicyclic) bond motifs is 1. The maximum absolute atomic E-state index is 14.2. The zero-order valence-corrected chi connectivity index (χ0v) is 17.0. The van der Waals surface area contributed by atoms with Crippen molar-refractivity contribution >= 4 is 17.5 Å². The van der Waals surface area contributed by atoms with Gasteiger partial charge < -0.3 is 15.1 Å². The number of nitrogens with one attached hydrogen (secondary N) is 1. The average Bonchev–Trinajstić information content (AvgIpc) is 2.96. The van der Waals surface area contributed by atoms with Gasteiger partial charge in [-0.2, -0.15) is 0 Å². The second-order valence-electron chi connectivity index (χ2n) is 8.67. The highest BCUT2D eigenvalue weighted by molar-refractivity contribution is 6.31. The zero-order chi connectivity index (χ0) is 20.0. The lowest BCUT2D eigenvalue weighted by Crippen LogP contribution is -2.70. The third-order valence-corrected chi connectivity index (χ3v) is 7.21. The first-order valence-corrected chi connectivity index (χ1v) is 10.7. The molecule has 0 radical (unpaired) electrons. The average molecular weight is 414 g/mol. The minimum atomic E-state index is -0.426. The molecule has 2 aromatic carbocycles. The van der Waals surface area contributed by atoms with Crippen LogP contribution >= 0.6 is 11.6 Å². The summed E-state index contributed by atoms with van der Waals surface area (Å²) >= 11 is 6.15. The van der Waals surface area contributed by atoms with E-state index in [4.69, 9.17) is 11.6 Å². The quantitative estimate of drug-likeness (QED) is 0.837. The Hall–Kier alpha value is -1.95. The molecule has 6 heteroatoms. The monoisotopic (exact) mass is 413 g/mol. The zero-order valence-electron chi connectivity index (χ0n) is 16.3. The van der Waals surface area contributed by atoms with Gasteiger partial charge in [-0.15, -0.1) is 0 Å². The second kappa shape index (κ2) is 7.38. The Bertz CT molecular complexity index is 885. The van der Waals surface area contributed by atoms with E-state index in [9.17, 15) is 9.18 Å². The van der Waals surface area contributed by atoms with Gasteiger partial charge in [-0.3, -0.25) is 4.79 Å². The summed E-state index contributed by atoms with van der Waals surface area (Å²) in [7, 11) is 0. The highest BCUT2D eigenvalue weighted by Gasteiger charge is 2.55. The summed E-state index contributed by atoms with van der Waals surface area (Å²) in [5.41, 5.74) is 1.40. The highest BCUT2D eigenvalue weighted by Crippen LogP contribution is 2.43. The number of hydrogen-bond donors (Lipinski definition) is 1. The van der Waals surface area contributed by atoms with E-state index in [1.807, 2.05) is 6.07 Å². The van der Waals surface area contributed by atoms with Crippen LogP contribution in [0.1, 0.15) is 11.1 Å². The number of nitrogens with zero attached hydrogens (tertiary/aromatic N) is 2. The van der Waals surface area contributed by atoms with E-state index >= 15 is 0 Å². The molecule has 2 aromatic rings. The summed E-state index contributed by atoms with van der Waals surface area (Å²) in [5.74, 6) is -0.224. The molecule has 4 aliphatic heterocycles. The van der Waals surface area contributed by atoms with Crippen molar-refractivity contribution in [2.75, 3.05) is 39.3 Å². The lowest BCUT2D eigenvalue weighted by molar-refractivity contribution is -0.123. The Morgan fingerprint density at radius 2 is 1.76 bits per heavy atom. The van der Waals surface area contributed by atoms with Crippen molar-refractivity contribution in [2.45, 2.75) is 17.9 Å². The predicted octanol–water partition coefficient (Wildman–Crippen LogP) is 2.71. The molecule has 4 bridgehead atoms. The summed E-state index contributed by atoms with van der Waals surface area (Å²) in [6.45, 7) is 6.03. The van der Waals surface area contributed by atoms with Crippen LogP contribution in [0.5, 0.6) is 0 Å². The Morgan fingerprint density at radius 3 is 2.41 bits per heavy atom. The number of amides is 1. The van der Waals surface area contributed by atoms with Gasteiger partial charge in [0.15, 0.2) is 0 Å². The van der Waals surface area contributed by atoms with Crippen LogP contribution < -0.4 is 5.32 Å². The number of piperidine rings is 2. The van der Waals surface area contributed by atoms with Gasteiger partial charge in [-0.1, -0.05) is 48.0 Å². The molecule has 1 N–H and O–H groups in total. The van der Waals surface area contributed by atoms with E-state index in [1.54, 1.807) is 12.1 Å². The maximum atomic E-state index is 14.2. The molecule has 4 saturated heterocycles. The first-order valence-electron chi connectivity index (χ1n) is 10.3. The van der Waals surface area contributed by atoms with Gasteiger partial charge >= 0.3 is 0 Å². The topological polar surface area (TPSA) is 35.6 Å². The fourth-order valence-corrected chi connectivity index (χ4v) is 5.88. The highest BCUT2D eigenvalue weighted by atomic mass is 35.5. The van der Waals surface area contributed by atoms with E-state index in [1.165, 1.54) is 11.6 Å². The van der Waals surface area contributed by atoms with Crippen LogP contribution in [0, 0.1) is 11.7 Å². The molecule has 29 heavy (non-hydrogen) atoms. The van der Waals surface area contributed by atoms with Crippen molar-refractivity contribution in [2.24, 2.45) is 5.92 Å². The molecule has 0 saturated carbocycles. The van der Waals surface area contributed by atoms with E-state index in [2.05, 4.69) is 39.4 Å². The van der Waals surface area contributed by atoms with E-state index < -0.39 is 5.82 Å². The summed E-state index contributed by atoms with van der Waals surface area (Å²) in [6, 6.07) is 15.1. The molecular weight excluding hydrogens is 389 g/mol. The van der Waals surface area contributed by atoms with Gasteiger partial charge in [-0.25, -0.2) is 4.39 Å².